The van der Waals surface area contributed by atoms with Gasteiger partial charge in [-0.1, -0.05) is 173 Å². The van der Waals surface area contributed by atoms with E-state index in [2.05, 4.69) is 57.2 Å². The molecular formula is C48H87ErO6. The Morgan fingerprint density at radius 1 is 0.291 bits per heavy atom. The standard InChI is InChI=1S/3C16H30O2.Er/c3*1-2-3-4-5-6-7-8-9-10-11-12-13-14-15-16(17)18;/h3*7-8H,2-6,9-15H2,1H3,(H,17,18);/q;;;+3/p-3/b3*8-7-;. The molecule has 0 saturated carbocycles. The van der Waals surface area contributed by atoms with Crippen molar-refractivity contribution in [1.29, 1.82) is 0 Å². The SMILES string of the molecule is CCCCCC/C=C\CCCCCCCC(=O)[O-].CCCCCC/C=C\CCCCCCCC(=O)[O-].CCCCCC/C=C\CCCCCCCC(=O)[O-].[Er+3]. The zero-order valence-corrected chi connectivity index (χ0v) is 38.0. The number of carbonyl (C=O) groups excluding carboxylic acids is 3. The van der Waals surface area contributed by atoms with Crippen molar-refractivity contribution in [3.8, 4) is 0 Å². The molecule has 1 radical (unpaired) electrons. The van der Waals surface area contributed by atoms with Crippen molar-refractivity contribution in [2.24, 2.45) is 0 Å². The molecule has 6 nitrogen and oxygen atoms in total. The average Bonchev–Trinajstić information content (AvgIpc) is 3.14. The topological polar surface area (TPSA) is 120 Å². The fourth-order valence-electron chi connectivity index (χ4n) is 5.96. The van der Waals surface area contributed by atoms with E-state index in [1.807, 2.05) is 0 Å². The van der Waals surface area contributed by atoms with E-state index in [0.717, 1.165) is 57.8 Å². The van der Waals surface area contributed by atoms with Crippen molar-refractivity contribution >= 4 is 17.9 Å². The molecule has 0 rings (SSSR count). The van der Waals surface area contributed by atoms with Gasteiger partial charge in [0.25, 0.3) is 0 Å². The van der Waals surface area contributed by atoms with Crippen molar-refractivity contribution in [3.63, 3.8) is 0 Å². The Balaban J connectivity index is -0.000000351. The molecule has 0 aromatic heterocycles. The molecule has 0 amide bonds. The summed E-state index contributed by atoms with van der Waals surface area (Å²) >= 11 is 0. The Labute approximate surface area is 370 Å². The van der Waals surface area contributed by atoms with Crippen molar-refractivity contribution in [1.82, 2.24) is 0 Å². The number of carboxylic acids is 3. The first kappa shape index (κ1) is 60.6. The third-order valence-corrected chi connectivity index (χ3v) is 9.43. The molecule has 0 fully saturated rings. The minimum atomic E-state index is -0.916. The summed E-state index contributed by atoms with van der Waals surface area (Å²) in [6, 6.07) is 0. The third kappa shape index (κ3) is 71.1. The molecule has 0 spiro atoms. The Hall–Kier alpha value is -1.12. The molecule has 0 aliphatic carbocycles. The van der Waals surface area contributed by atoms with Crippen molar-refractivity contribution in [2.45, 2.75) is 252 Å². The molecule has 0 unspecified atom stereocenters. The number of aliphatic carboxylic acids is 3. The Morgan fingerprint density at radius 2 is 0.455 bits per heavy atom. The predicted molar refractivity (Wildman–Crippen MR) is 226 cm³/mol. The molecule has 0 aliphatic heterocycles. The number of carbonyl (C=O) groups is 3. The van der Waals surface area contributed by atoms with Crippen LogP contribution in [0.15, 0.2) is 36.5 Å². The Kier molecular flexibility index (Phi) is 63.0. The summed E-state index contributed by atoms with van der Waals surface area (Å²) in [4.78, 5) is 30.5. The molecule has 55 heavy (non-hydrogen) atoms. The minimum absolute atomic E-state index is 0. The minimum Gasteiger partial charge on any atom is -0.550 e. The van der Waals surface area contributed by atoms with Crippen LogP contribution < -0.4 is 15.3 Å². The number of hydrogen-bond donors (Lipinski definition) is 0. The quantitative estimate of drug-likeness (QED) is 0.0447. The third-order valence-electron chi connectivity index (χ3n) is 9.43. The Bertz CT molecular complexity index is 744. The van der Waals surface area contributed by atoms with E-state index in [1.165, 1.54) is 154 Å². The van der Waals surface area contributed by atoms with Crippen LogP contribution in [0, 0.1) is 37.3 Å². The number of allylic oxidation sites excluding steroid dienone is 6. The molecular weight excluding hydrogens is 840 g/mol. The van der Waals surface area contributed by atoms with Crippen LogP contribution in [-0.2, 0) is 14.4 Å². The van der Waals surface area contributed by atoms with Gasteiger partial charge >= 0.3 is 37.3 Å². The summed E-state index contributed by atoms with van der Waals surface area (Å²) in [5.41, 5.74) is 0. The maximum absolute atomic E-state index is 10.2. The monoisotopic (exact) mass is 926 g/mol. The zero-order chi connectivity index (χ0) is 40.4. The maximum atomic E-state index is 10.2. The van der Waals surface area contributed by atoms with Crippen molar-refractivity contribution in [3.05, 3.63) is 36.5 Å². The van der Waals surface area contributed by atoms with Crippen LogP contribution in [0.4, 0.5) is 0 Å². The van der Waals surface area contributed by atoms with E-state index in [9.17, 15) is 29.7 Å². The van der Waals surface area contributed by atoms with Gasteiger partial charge in [-0.2, -0.15) is 0 Å². The molecule has 327 valence electrons. The zero-order valence-electron chi connectivity index (χ0n) is 36.2. The van der Waals surface area contributed by atoms with Gasteiger partial charge in [0, 0.05) is 17.9 Å². The molecule has 0 aromatic rings. The summed E-state index contributed by atoms with van der Waals surface area (Å²) in [6.07, 6.45) is 53.9. The van der Waals surface area contributed by atoms with Gasteiger partial charge in [-0.25, -0.2) is 0 Å². The van der Waals surface area contributed by atoms with E-state index < -0.39 is 17.9 Å². The van der Waals surface area contributed by atoms with Gasteiger partial charge in [-0.15, -0.1) is 0 Å². The van der Waals surface area contributed by atoms with Gasteiger partial charge in [0.15, 0.2) is 0 Å². The number of rotatable bonds is 39. The van der Waals surface area contributed by atoms with E-state index in [-0.39, 0.29) is 56.6 Å². The summed E-state index contributed by atoms with van der Waals surface area (Å²) in [5.74, 6) is -2.75. The van der Waals surface area contributed by atoms with E-state index >= 15 is 0 Å². The molecule has 0 aromatic carbocycles. The van der Waals surface area contributed by atoms with Gasteiger partial charge in [-0.05, 0) is 116 Å². The van der Waals surface area contributed by atoms with Crippen LogP contribution in [0.2, 0.25) is 0 Å². The first-order valence-corrected chi connectivity index (χ1v) is 22.9. The van der Waals surface area contributed by atoms with Crippen LogP contribution in [0.5, 0.6) is 0 Å². The molecule has 0 saturated heterocycles. The van der Waals surface area contributed by atoms with Gasteiger partial charge in [0.1, 0.15) is 0 Å². The number of hydrogen-bond acceptors (Lipinski definition) is 6. The van der Waals surface area contributed by atoms with Crippen LogP contribution in [0.1, 0.15) is 252 Å². The molecule has 0 aliphatic rings. The van der Waals surface area contributed by atoms with Crippen LogP contribution in [0.25, 0.3) is 0 Å². The van der Waals surface area contributed by atoms with Crippen LogP contribution in [-0.4, -0.2) is 17.9 Å². The van der Waals surface area contributed by atoms with Crippen LogP contribution in [0.3, 0.4) is 0 Å². The van der Waals surface area contributed by atoms with Gasteiger partial charge in [-0.3, -0.25) is 0 Å². The largest absolute Gasteiger partial charge is 3.00 e. The number of unbranched alkanes of at least 4 members (excludes halogenated alkanes) is 27. The second-order valence-electron chi connectivity index (χ2n) is 15.0. The van der Waals surface area contributed by atoms with E-state index in [0.29, 0.717) is 0 Å². The van der Waals surface area contributed by atoms with Gasteiger partial charge in [0.2, 0.25) is 0 Å². The van der Waals surface area contributed by atoms with E-state index in [1.54, 1.807) is 0 Å². The average molecular weight is 927 g/mol. The molecule has 0 N–H and O–H groups in total. The molecule has 0 atom stereocenters. The van der Waals surface area contributed by atoms with Crippen molar-refractivity contribution in [2.75, 3.05) is 0 Å². The fraction of sp³-hybridized carbons (Fsp3) is 0.812. The fourth-order valence-corrected chi connectivity index (χ4v) is 5.96. The van der Waals surface area contributed by atoms with Gasteiger partial charge in [0.05, 0.1) is 0 Å². The number of carboxylic acid groups (broad SMARTS) is 3. The molecule has 0 bridgehead atoms. The molecule has 0 heterocycles. The van der Waals surface area contributed by atoms with Crippen molar-refractivity contribution < 1.29 is 67.0 Å². The first-order chi connectivity index (χ1) is 26.3. The second-order valence-corrected chi connectivity index (χ2v) is 15.0. The summed E-state index contributed by atoms with van der Waals surface area (Å²) < 4.78 is 0. The van der Waals surface area contributed by atoms with Crippen LogP contribution >= 0.6 is 0 Å². The summed E-state index contributed by atoms with van der Waals surface area (Å²) in [5, 5.41) is 30.5. The first-order valence-electron chi connectivity index (χ1n) is 22.9. The smallest absolute Gasteiger partial charge is 0.550 e. The van der Waals surface area contributed by atoms with E-state index in [4.69, 9.17) is 0 Å². The summed E-state index contributed by atoms with van der Waals surface area (Å²) in [6.45, 7) is 6.72. The second kappa shape index (κ2) is 57.2. The molecule has 7 heteroatoms. The normalized spacial score (nSPS) is 11.0. The van der Waals surface area contributed by atoms with Gasteiger partial charge < -0.3 is 29.7 Å². The predicted octanol–water partition coefficient (Wildman–Crippen LogP) is 12.0. The Morgan fingerprint density at radius 3 is 0.636 bits per heavy atom. The maximum Gasteiger partial charge on any atom is 3.00 e. The summed E-state index contributed by atoms with van der Waals surface area (Å²) in [7, 11) is 0.